The summed E-state index contributed by atoms with van der Waals surface area (Å²) in [6, 6.07) is 0. The molecule has 0 saturated heterocycles. The Morgan fingerprint density at radius 1 is 1.40 bits per heavy atom. The van der Waals surface area contributed by atoms with E-state index in [1.54, 1.807) is 0 Å². The molecule has 0 spiro atoms. The maximum absolute atomic E-state index is 10.3. The lowest BCUT2D eigenvalue weighted by Crippen LogP contribution is -2.14. The van der Waals surface area contributed by atoms with Crippen LogP contribution in [0.1, 0.15) is 19.3 Å². The SMILES string of the molecule is CN(C)CCCCC(N)=O. The van der Waals surface area contributed by atoms with Crippen molar-refractivity contribution in [2.24, 2.45) is 5.73 Å². The number of hydrogen-bond donors (Lipinski definition) is 1. The summed E-state index contributed by atoms with van der Waals surface area (Å²) in [5.41, 5.74) is 4.96. The molecule has 0 atom stereocenters. The summed E-state index contributed by atoms with van der Waals surface area (Å²) in [7, 11) is 4.04. The first-order valence-corrected chi connectivity index (χ1v) is 3.56. The predicted octanol–water partition coefficient (Wildman–Crippen LogP) is 0.204. The molecule has 0 heterocycles. The van der Waals surface area contributed by atoms with Gasteiger partial charge in [0.2, 0.25) is 5.91 Å². The van der Waals surface area contributed by atoms with Crippen molar-refractivity contribution in [1.82, 2.24) is 4.90 Å². The van der Waals surface area contributed by atoms with Crippen molar-refractivity contribution >= 4 is 5.91 Å². The topological polar surface area (TPSA) is 46.3 Å². The Kier molecular flexibility index (Phi) is 4.94. The van der Waals surface area contributed by atoms with Gasteiger partial charge in [0.15, 0.2) is 0 Å². The number of nitrogens with zero attached hydrogens (tertiary/aromatic N) is 1. The third kappa shape index (κ3) is 7.43. The van der Waals surface area contributed by atoms with E-state index >= 15 is 0 Å². The van der Waals surface area contributed by atoms with Crippen LogP contribution >= 0.6 is 0 Å². The van der Waals surface area contributed by atoms with Crippen molar-refractivity contribution < 1.29 is 4.79 Å². The molecule has 0 aliphatic carbocycles. The van der Waals surface area contributed by atoms with Gasteiger partial charge in [0.25, 0.3) is 0 Å². The van der Waals surface area contributed by atoms with Crippen molar-refractivity contribution in [2.45, 2.75) is 19.3 Å². The summed E-state index contributed by atoms with van der Waals surface area (Å²) in [5, 5.41) is 0. The van der Waals surface area contributed by atoms with Crippen molar-refractivity contribution in [2.75, 3.05) is 20.6 Å². The Hall–Kier alpha value is -0.570. The normalized spacial score (nSPS) is 10.3. The van der Waals surface area contributed by atoms with Crippen molar-refractivity contribution in [3.8, 4) is 0 Å². The third-order valence-corrected chi connectivity index (χ3v) is 1.28. The first kappa shape index (κ1) is 9.43. The van der Waals surface area contributed by atoms with E-state index in [4.69, 9.17) is 5.73 Å². The first-order chi connectivity index (χ1) is 4.63. The predicted molar refractivity (Wildman–Crippen MR) is 41.6 cm³/mol. The quantitative estimate of drug-likeness (QED) is 0.560. The Balaban J connectivity index is 2.98. The Bertz CT molecular complexity index is 102. The molecule has 0 bridgehead atoms. The van der Waals surface area contributed by atoms with Gasteiger partial charge in [-0.2, -0.15) is 0 Å². The lowest BCUT2D eigenvalue weighted by Gasteiger charge is -2.07. The van der Waals surface area contributed by atoms with Crippen LogP contribution in [0.2, 0.25) is 0 Å². The molecule has 0 radical (unpaired) electrons. The smallest absolute Gasteiger partial charge is 0.217 e. The molecule has 0 aromatic heterocycles. The molecule has 3 heteroatoms. The van der Waals surface area contributed by atoms with Crippen molar-refractivity contribution in [3.63, 3.8) is 0 Å². The number of unbranched alkanes of at least 4 members (excludes halogenated alkanes) is 1. The van der Waals surface area contributed by atoms with Crippen LogP contribution in [0.15, 0.2) is 0 Å². The molecule has 10 heavy (non-hydrogen) atoms. The second-order valence-electron chi connectivity index (χ2n) is 2.73. The van der Waals surface area contributed by atoms with Gasteiger partial charge < -0.3 is 10.6 Å². The molecule has 1 amide bonds. The summed E-state index contributed by atoms with van der Waals surface area (Å²) < 4.78 is 0. The van der Waals surface area contributed by atoms with E-state index in [9.17, 15) is 4.79 Å². The number of carbonyl (C=O) groups excluding carboxylic acids is 1. The lowest BCUT2D eigenvalue weighted by atomic mass is 10.2. The highest BCUT2D eigenvalue weighted by Crippen LogP contribution is 1.94. The van der Waals surface area contributed by atoms with Gasteiger partial charge in [0.05, 0.1) is 0 Å². The fraction of sp³-hybridized carbons (Fsp3) is 0.857. The van der Waals surface area contributed by atoms with Crippen LogP contribution in [0.25, 0.3) is 0 Å². The molecule has 0 unspecified atom stereocenters. The van der Waals surface area contributed by atoms with Crippen LogP contribution in [-0.4, -0.2) is 31.4 Å². The summed E-state index contributed by atoms with van der Waals surface area (Å²) in [4.78, 5) is 12.4. The monoisotopic (exact) mass is 144 g/mol. The maximum atomic E-state index is 10.3. The van der Waals surface area contributed by atoms with E-state index < -0.39 is 0 Å². The molecule has 0 aromatic carbocycles. The van der Waals surface area contributed by atoms with E-state index in [-0.39, 0.29) is 5.91 Å². The maximum Gasteiger partial charge on any atom is 0.217 e. The third-order valence-electron chi connectivity index (χ3n) is 1.28. The zero-order chi connectivity index (χ0) is 7.98. The number of carbonyl (C=O) groups is 1. The van der Waals surface area contributed by atoms with Gasteiger partial charge in [-0.1, -0.05) is 0 Å². The summed E-state index contributed by atoms with van der Waals surface area (Å²) in [6.07, 6.45) is 2.48. The Morgan fingerprint density at radius 2 is 2.00 bits per heavy atom. The van der Waals surface area contributed by atoms with E-state index in [2.05, 4.69) is 4.90 Å². The standard InChI is InChI=1S/C7H16N2O/c1-9(2)6-4-3-5-7(8)10/h3-6H2,1-2H3,(H2,8,10). The zero-order valence-corrected chi connectivity index (χ0v) is 6.76. The molecule has 0 aromatic rings. The van der Waals surface area contributed by atoms with Gasteiger partial charge in [-0.3, -0.25) is 4.79 Å². The van der Waals surface area contributed by atoms with Gasteiger partial charge in [0.1, 0.15) is 0 Å². The van der Waals surface area contributed by atoms with Crippen LogP contribution < -0.4 is 5.73 Å². The minimum Gasteiger partial charge on any atom is -0.370 e. The van der Waals surface area contributed by atoms with E-state index in [0.29, 0.717) is 6.42 Å². The number of rotatable bonds is 5. The fourth-order valence-electron chi connectivity index (χ4n) is 0.727. The highest BCUT2D eigenvalue weighted by Gasteiger charge is 1.94. The largest absolute Gasteiger partial charge is 0.370 e. The molecule has 2 N–H and O–H groups in total. The first-order valence-electron chi connectivity index (χ1n) is 3.56. The van der Waals surface area contributed by atoms with Crippen LogP contribution in [0.3, 0.4) is 0 Å². The highest BCUT2D eigenvalue weighted by atomic mass is 16.1. The average Bonchev–Trinajstić information content (AvgIpc) is 1.79. The molecule has 0 aliphatic heterocycles. The van der Waals surface area contributed by atoms with Crippen LogP contribution in [0.4, 0.5) is 0 Å². The van der Waals surface area contributed by atoms with Crippen LogP contribution in [-0.2, 0) is 4.79 Å². The summed E-state index contributed by atoms with van der Waals surface area (Å²) in [5.74, 6) is -0.196. The number of primary amides is 1. The minimum absolute atomic E-state index is 0.196. The van der Waals surface area contributed by atoms with E-state index in [1.165, 1.54) is 0 Å². The van der Waals surface area contributed by atoms with Crippen LogP contribution in [0, 0.1) is 0 Å². The molecule has 60 valence electrons. The summed E-state index contributed by atoms with van der Waals surface area (Å²) in [6.45, 7) is 1.03. The second-order valence-corrected chi connectivity index (χ2v) is 2.73. The van der Waals surface area contributed by atoms with Gasteiger partial charge >= 0.3 is 0 Å². The van der Waals surface area contributed by atoms with Gasteiger partial charge in [-0.25, -0.2) is 0 Å². The number of nitrogens with two attached hydrogens (primary N) is 1. The molecule has 0 fully saturated rings. The van der Waals surface area contributed by atoms with Crippen molar-refractivity contribution in [3.05, 3.63) is 0 Å². The lowest BCUT2D eigenvalue weighted by molar-refractivity contribution is -0.118. The second kappa shape index (κ2) is 5.23. The zero-order valence-electron chi connectivity index (χ0n) is 6.76. The minimum atomic E-state index is -0.196. The van der Waals surface area contributed by atoms with Gasteiger partial charge in [-0.05, 0) is 33.5 Å². The number of amides is 1. The molecule has 0 saturated carbocycles. The van der Waals surface area contributed by atoms with Crippen molar-refractivity contribution in [1.29, 1.82) is 0 Å². The Morgan fingerprint density at radius 3 is 2.40 bits per heavy atom. The van der Waals surface area contributed by atoms with E-state index in [0.717, 1.165) is 19.4 Å². The molecule has 0 rings (SSSR count). The highest BCUT2D eigenvalue weighted by molar-refractivity contribution is 5.73. The molecular formula is C7H16N2O. The molecular weight excluding hydrogens is 128 g/mol. The van der Waals surface area contributed by atoms with Crippen LogP contribution in [0.5, 0.6) is 0 Å². The average molecular weight is 144 g/mol. The molecule has 3 nitrogen and oxygen atoms in total. The number of hydrogen-bond acceptors (Lipinski definition) is 2. The van der Waals surface area contributed by atoms with Gasteiger partial charge in [-0.15, -0.1) is 0 Å². The van der Waals surface area contributed by atoms with E-state index in [1.807, 2.05) is 14.1 Å². The Labute approximate surface area is 62.2 Å². The van der Waals surface area contributed by atoms with Gasteiger partial charge in [0, 0.05) is 6.42 Å². The summed E-state index contributed by atoms with van der Waals surface area (Å²) >= 11 is 0. The molecule has 0 aliphatic rings. The fourth-order valence-corrected chi connectivity index (χ4v) is 0.727.